The molecule has 0 amide bonds. The fourth-order valence-corrected chi connectivity index (χ4v) is 3.16. The number of benzene rings is 3. The van der Waals surface area contributed by atoms with Crippen molar-refractivity contribution in [3.63, 3.8) is 0 Å². The molecule has 4 heteroatoms. The molecule has 4 rings (SSSR count). The molecule has 4 nitrogen and oxygen atoms in total. The topological polar surface area (TPSA) is 52.3 Å². The van der Waals surface area contributed by atoms with Crippen molar-refractivity contribution >= 4 is 16.6 Å². The number of ether oxygens (including phenoxy) is 1. The first-order chi connectivity index (χ1) is 13.6. The number of rotatable bonds is 6. The van der Waals surface area contributed by atoms with Crippen LogP contribution in [0.25, 0.3) is 22.2 Å². The summed E-state index contributed by atoms with van der Waals surface area (Å²) < 4.78 is 11.7. The van der Waals surface area contributed by atoms with E-state index in [1.807, 2.05) is 73.7 Å². The summed E-state index contributed by atoms with van der Waals surface area (Å²) in [5, 5.41) is 2.08. The molecule has 140 valence electrons. The highest BCUT2D eigenvalue weighted by Gasteiger charge is 2.11. The highest BCUT2D eigenvalue weighted by Crippen LogP contribution is 2.24. The fourth-order valence-electron chi connectivity index (χ4n) is 3.16. The van der Waals surface area contributed by atoms with Gasteiger partial charge in [-0.05, 0) is 55.0 Å². The zero-order valence-corrected chi connectivity index (χ0v) is 15.9. The van der Waals surface area contributed by atoms with Crippen molar-refractivity contribution in [1.29, 1.82) is 0 Å². The van der Waals surface area contributed by atoms with Gasteiger partial charge in [-0.25, -0.2) is 4.98 Å². The summed E-state index contributed by atoms with van der Waals surface area (Å²) in [5.74, 6) is 2.32. The number of hydrogen-bond acceptors (Lipinski definition) is 4. The van der Waals surface area contributed by atoms with Crippen LogP contribution in [0, 0.1) is 6.92 Å². The molecule has 0 atom stereocenters. The molecule has 0 aliphatic rings. The lowest BCUT2D eigenvalue weighted by molar-refractivity contribution is 0.101. The number of aryl methyl sites for hydroxylation is 1. The standard InChI is InChI=1S/C24H21NO3/c1-16(26)19-8-9-21-15-22(11-10-20(21)14-19)27-13-12-23-17(2)28-24(25-23)18-6-4-3-5-7-18/h3-11,14-15H,12-13H2,1-2H3. The van der Waals surface area contributed by atoms with E-state index in [1.165, 1.54) is 0 Å². The van der Waals surface area contributed by atoms with Gasteiger partial charge in [0.1, 0.15) is 11.5 Å². The highest BCUT2D eigenvalue weighted by atomic mass is 16.5. The predicted octanol–water partition coefficient (Wildman–Crippen LogP) is 5.63. The molecule has 0 aliphatic heterocycles. The van der Waals surface area contributed by atoms with Crippen LogP contribution < -0.4 is 4.74 Å². The molecule has 0 saturated heterocycles. The Kier molecular flexibility index (Phi) is 4.94. The second-order valence-electron chi connectivity index (χ2n) is 6.77. The van der Waals surface area contributed by atoms with Crippen molar-refractivity contribution in [2.75, 3.05) is 6.61 Å². The van der Waals surface area contributed by atoms with Gasteiger partial charge >= 0.3 is 0 Å². The van der Waals surface area contributed by atoms with E-state index >= 15 is 0 Å². The summed E-state index contributed by atoms with van der Waals surface area (Å²) in [6.07, 6.45) is 0.670. The molecule has 1 heterocycles. The Morgan fingerprint density at radius 1 is 1.00 bits per heavy atom. The normalized spacial score (nSPS) is 10.9. The Balaban J connectivity index is 1.43. The minimum atomic E-state index is 0.0695. The Hall–Kier alpha value is -3.40. The number of carbonyl (C=O) groups is 1. The summed E-state index contributed by atoms with van der Waals surface area (Å²) in [6, 6.07) is 21.5. The SMILES string of the molecule is CC(=O)c1ccc2cc(OCCc3nc(-c4ccccc4)oc3C)ccc2c1. The molecule has 0 N–H and O–H groups in total. The fraction of sp³-hybridized carbons (Fsp3) is 0.167. The molecule has 0 radical (unpaired) electrons. The number of aromatic nitrogens is 1. The quantitative estimate of drug-likeness (QED) is 0.412. The molecule has 0 unspecified atom stereocenters. The van der Waals surface area contributed by atoms with Crippen LogP contribution in [0.3, 0.4) is 0 Å². The number of fused-ring (bicyclic) bond motifs is 1. The van der Waals surface area contributed by atoms with Crippen molar-refractivity contribution in [3.05, 3.63) is 83.7 Å². The van der Waals surface area contributed by atoms with E-state index in [9.17, 15) is 4.79 Å². The Morgan fingerprint density at radius 2 is 1.75 bits per heavy atom. The molecular formula is C24H21NO3. The molecular weight excluding hydrogens is 350 g/mol. The Morgan fingerprint density at radius 3 is 2.54 bits per heavy atom. The lowest BCUT2D eigenvalue weighted by atomic mass is 10.0. The third-order valence-corrected chi connectivity index (χ3v) is 4.74. The van der Waals surface area contributed by atoms with E-state index in [4.69, 9.17) is 9.15 Å². The Labute approximate surface area is 163 Å². The van der Waals surface area contributed by atoms with E-state index in [1.54, 1.807) is 6.92 Å². The summed E-state index contributed by atoms with van der Waals surface area (Å²) in [7, 11) is 0. The third-order valence-electron chi connectivity index (χ3n) is 4.74. The first-order valence-corrected chi connectivity index (χ1v) is 9.29. The second-order valence-corrected chi connectivity index (χ2v) is 6.77. The smallest absolute Gasteiger partial charge is 0.226 e. The maximum atomic E-state index is 11.5. The van der Waals surface area contributed by atoms with E-state index < -0.39 is 0 Å². The van der Waals surface area contributed by atoms with Crippen LogP contribution in [-0.2, 0) is 6.42 Å². The average Bonchev–Trinajstić information content (AvgIpc) is 3.09. The molecule has 0 fully saturated rings. The molecule has 28 heavy (non-hydrogen) atoms. The van der Waals surface area contributed by atoms with Crippen LogP contribution in [0.2, 0.25) is 0 Å². The molecule has 3 aromatic carbocycles. The van der Waals surface area contributed by atoms with Crippen LogP contribution >= 0.6 is 0 Å². The maximum Gasteiger partial charge on any atom is 0.226 e. The van der Waals surface area contributed by atoms with Crippen LogP contribution in [0.5, 0.6) is 5.75 Å². The average molecular weight is 371 g/mol. The van der Waals surface area contributed by atoms with Crippen molar-refractivity contribution in [2.24, 2.45) is 0 Å². The molecule has 1 aromatic heterocycles. The van der Waals surface area contributed by atoms with Gasteiger partial charge in [0.2, 0.25) is 5.89 Å². The van der Waals surface area contributed by atoms with Crippen LogP contribution in [0.4, 0.5) is 0 Å². The van der Waals surface area contributed by atoms with Crippen molar-refractivity contribution < 1.29 is 13.9 Å². The second kappa shape index (κ2) is 7.69. The summed E-state index contributed by atoms with van der Waals surface area (Å²) >= 11 is 0. The van der Waals surface area contributed by atoms with Gasteiger partial charge in [-0.1, -0.05) is 36.4 Å². The van der Waals surface area contributed by atoms with Gasteiger partial charge < -0.3 is 9.15 Å². The number of Topliss-reactive ketones (excluding diaryl/α,β-unsaturated/α-hetero) is 1. The minimum Gasteiger partial charge on any atom is -0.493 e. The van der Waals surface area contributed by atoms with Gasteiger partial charge in [0.15, 0.2) is 5.78 Å². The highest BCUT2D eigenvalue weighted by molar-refractivity contribution is 5.98. The first-order valence-electron chi connectivity index (χ1n) is 9.29. The minimum absolute atomic E-state index is 0.0695. The number of oxazole rings is 1. The molecule has 4 aromatic rings. The molecule has 0 spiro atoms. The molecule has 0 aliphatic carbocycles. The van der Waals surface area contributed by atoms with E-state index in [0.29, 0.717) is 18.9 Å². The molecule has 0 bridgehead atoms. The van der Waals surface area contributed by atoms with E-state index in [0.717, 1.165) is 39.1 Å². The van der Waals surface area contributed by atoms with Gasteiger partial charge in [-0.3, -0.25) is 4.79 Å². The van der Waals surface area contributed by atoms with Gasteiger partial charge in [-0.2, -0.15) is 0 Å². The van der Waals surface area contributed by atoms with Crippen molar-refractivity contribution in [3.8, 4) is 17.2 Å². The summed E-state index contributed by atoms with van der Waals surface area (Å²) in [6.45, 7) is 4.02. The lowest BCUT2D eigenvalue weighted by Gasteiger charge is -2.07. The first kappa shape index (κ1) is 18.0. The largest absolute Gasteiger partial charge is 0.493 e. The van der Waals surface area contributed by atoms with Crippen LogP contribution in [-0.4, -0.2) is 17.4 Å². The maximum absolute atomic E-state index is 11.5. The van der Waals surface area contributed by atoms with Gasteiger partial charge in [0, 0.05) is 17.5 Å². The van der Waals surface area contributed by atoms with Crippen molar-refractivity contribution in [2.45, 2.75) is 20.3 Å². The number of carbonyl (C=O) groups excluding carboxylic acids is 1. The number of hydrogen-bond donors (Lipinski definition) is 0. The van der Waals surface area contributed by atoms with Gasteiger partial charge in [-0.15, -0.1) is 0 Å². The third kappa shape index (κ3) is 3.81. The zero-order valence-electron chi connectivity index (χ0n) is 15.9. The van der Waals surface area contributed by atoms with Gasteiger partial charge in [0.05, 0.1) is 12.3 Å². The number of nitrogens with zero attached hydrogens (tertiary/aromatic N) is 1. The Bertz CT molecular complexity index is 1130. The summed E-state index contributed by atoms with van der Waals surface area (Å²) in [4.78, 5) is 16.1. The van der Waals surface area contributed by atoms with Crippen LogP contribution in [0.1, 0.15) is 28.7 Å². The van der Waals surface area contributed by atoms with E-state index in [-0.39, 0.29) is 5.78 Å². The summed E-state index contributed by atoms with van der Waals surface area (Å²) in [5.41, 5.74) is 2.60. The zero-order chi connectivity index (χ0) is 19.5. The monoisotopic (exact) mass is 371 g/mol. The van der Waals surface area contributed by atoms with Crippen LogP contribution in [0.15, 0.2) is 71.1 Å². The lowest BCUT2D eigenvalue weighted by Crippen LogP contribution is -2.02. The van der Waals surface area contributed by atoms with Gasteiger partial charge in [0.25, 0.3) is 0 Å². The number of ketones is 1. The molecule has 0 saturated carbocycles. The van der Waals surface area contributed by atoms with Crippen molar-refractivity contribution in [1.82, 2.24) is 4.98 Å². The van der Waals surface area contributed by atoms with E-state index in [2.05, 4.69) is 4.98 Å². The predicted molar refractivity (Wildman–Crippen MR) is 110 cm³/mol.